The lowest BCUT2D eigenvalue weighted by Gasteiger charge is -2.39. The second kappa shape index (κ2) is 38.3. The van der Waals surface area contributed by atoms with Gasteiger partial charge in [0.25, 0.3) is 0 Å². The highest BCUT2D eigenvalue weighted by Crippen LogP contribution is 2.32. The summed E-state index contributed by atoms with van der Waals surface area (Å²) < 4.78 is 69.0. The van der Waals surface area contributed by atoms with Gasteiger partial charge in [0.2, 0.25) is 70.9 Å². The zero-order valence-electron chi connectivity index (χ0n) is 66.8. The van der Waals surface area contributed by atoms with Gasteiger partial charge in [-0.25, -0.2) is 27.2 Å². The maximum atomic E-state index is 14.7. The second-order valence-corrected chi connectivity index (χ2v) is 32.0. The van der Waals surface area contributed by atoms with Crippen LogP contribution in [-0.2, 0) is 102 Å². The number of carbonyl (C=O) groups excluding carboxylic acids is 14. The van der Waals surface area contributed by atoms with Crippen molar-refractivity contribution in [2.45, 2.75) is 237 Å². The monoisotopic (exact) mass is 1620 g/mol. The van der Waals surface area contributed by atoms with Gasteiger partial charge in [0.15, 0.2) is 0 Å². The summed E-state index contributed by atoms with van der Waals surface area (Å²) in [5, 5.41) is 26.6. The van der Waals surface area contributed by atoms with Gasteiger partial charge >= 0.3 is 11.9 Å². The first-order valence-corrected chi connectivity index (χ1v) is 39.6. The van der Waals surface area contributed by atoms with Crippen LogP contribution in [0, 0.1) is 49.0 Å². The molecule has 11 rings (SSSR count). The first-order chi connectivity index (χ1) is 54.9. The van der Waals surface area contributed by atoms with Crippen LogP contribution in [0.3, 0.4) is 0 Å². The van der Waals surface area contributed by atoms with E-state index in [9.17, 15) is 89.8 Å². The van der Waals surface area contributed by atoms with Gasteiger partial charge < -0.3 is 75.9 Å². The summed E-state index contributed by atoms with van der Waals surface area (Å²) in [5.74, 6) is -13.8. The Bertz CT molecular complexity index is 4340. The Morgan fingerprint density at radius 2 is 0.836 bits per heavy atom. The van der Waals surface area contributed by atoms with Crippen LogP contribution in [0.5, 0.6) is 0 Å². The van der Waals surface area contributed by atoms with Crippen molar-refractivity contribution < 1.29 is 99.3 Å². The second-order valence-electron chi connectivity index (χ2n) is 32.0. The molecule has 4 aromatic rings. The molecule has 7 saturated heterocycles. The molecule has 29 nitrogen and oxygen atoms in total. The highest BCUT2D eigenvalue weighted by molar-refractivity contribution is 6.00. The molecule has 0 aromatic heterocycles. The minimum absolute atomic E-state index is 0.0244. The topological polar surface area (TPSA) is 369 Å². The van der Waals surface area contributed by atoms with Crippen LogP contribution in [0.25, 0.3) is 0 Å². The smallest absolute Gasteiger partial charge is 0.329 e. The highest BCUT2D eigenvalue weighted by Gasteiger charge is 2.51. The fourth-order valence-electron chi connectivity index (χ4n) is 16.5. The van der Waals surface area contributed by atoms with Gasteiger partial charge in [-0.1, -0.05) is 73.5 Å². The van der Waals surface area contributed by atoms with Gasteiger partial charge in [0.1, 0.15) is 108 Å². The minimum Gasteiger partial charge on any atom is -0.458 e. The number of nitrogens with one attached hydrogen (secondary N) is 6. The van der Waals surface area contributed by atoms with E-state index in [0.29, 0.717) is 55.4 Å². The normalized spacial score (nSPS) is 27.3. The Morgan fingerprint density at radius 3 is 1.24 bits per heavy atom. The zero-order chi connectivity index (χ0) is 84.4. The Labute approximate surface area is 670 Å². The highest BCUT2D eigenvalue weighted by atomic mass is 19.1. The predicted octanol–water partition coefficient (Wildman–Crippen LogP) is 3.00. The molecule has 116 heavy (non-hydrogen) atoms. The van der Waals surface area contributed by atoms with Gasteiger partial charge in [0.05, 0.1) is 18.9 Å². The number of halogens is 4. The van der Waals surface area contributed by atoms with E-state index in [1.165, 1.54) is 66.2 Å². The summed E-state index contributed by atoms with van der Waals surface area (Å²) in [6, 6.07) is 4.61. The van der Waals surface area contributed by atoms with Crippen molar-refractivity contribution in [3.8, 4) is 0 Å². The first kappa shape index (κ1) is 87.5. The molecule has 7 N–H and O–H groups in total. The van der Waals surface area contributed by atoms with E-state index in [1.807, 2.05) is 52.0 Å². The van der Waals surface area contributed by atoms with Crippen LogP contribution in [0.1, 0.15) is 140 Å². The number of carbonyl (C=O) groups is 14. The zero-order valence-corrected chi connectivity index (χ0v) is 66.8. The number of aryl methyl sites for hydroxylation is 2. The molecule has 0 bridgehead atoms. The van der Waals surface area contributed by atoms with Crippen molar-refractivity contribution in [2.24, 2.45) is 11.8 Å². The van der Waals surface area contributed by atoms with Crippen molar-refractivity contribution in [1.82, 2.24) is 61.3 Å². The average Bonchev–Trinajstić information content (AvgIpc) is 1.62. The van der Waals surface area contributed by atoms with Crippen LogP contribution < -0.4 is 31.9 Å². The van der Waals surface area contributed by atoms with E-state index in [2.05, 4.69) is 31.9 Å². The predicted molar refractivity (Wildman–Crippen MR) is 410 cm³/mol. The molecule has 0 radical (unpaired) electrons. The summed E-state index contributed by atoms with van der Waals surface area (Å²) in [5.41, 5.74) is 3.28. The van der Waals surface area contributed by atoms with Crippen LogP contribution in [-0.4, -0.2) is 248 Å². The van der Waals surface area contributed by atoms with Gasteiger partial charge in [-0.15, -0.1) is 0 Å². The molecule has 0 spiro atoms. The summed E-state index contributed by atoms with van der Waals surface area (Å²) in [6.45, 7) is 15.3. The molecule has 7 aliphatic heterocycles. The lowest BCUT2D eigenvalue weighted by atomic mass is 9.99. The SMILES string of the molecule is Cc1ccc(CC(=O)N[C@@H](Cc2cc(F)cc(F)c2)C(=O)N[C@@H]2C(=O)N3CCC[C@H]3C(=O)N(C)[C@@H](C(C)O)C(=O)N[C@@H](C)C(=O)N3C[C@H](C)C[C@H]3C(=O)O[C@H]2C)cc1.Cc1ccc(CC(=O)N[C@@H](Cc2cc(F)cc(F)c2)C(=O)N[C@@H]2C(=O)N3CCC[C@H]3C(=O)N3CCCC[C@H]3C(=O)N[C@@H](C)C(=O)N3C[C@H](C)C[C@H]3C(=O)O[C@H]2C)cc1. The van der Waals surface area contributed by atoms with Crippen molar-refractivity contribution in [2.75, 3.05) is 39.8 Å². The van der Waals surface area contributed by atoms with Crippen molar-refractivity contribution in [3.05, 3.63) is 142 Å². The molecular formula is C83H104F4N12O17. The van der Waals surface area contributed by atoms with Crippen LogP contribution in [0.15, 0.2) is 84.9 Å². The third-order valence-corrected chi connectivity index (χ3v) is 22.5. The molecular weight excluding hydrogens is 1510 g/mol. The first-order valence-electron chi connectivity index (χ1n) is 39.6. The average molecular weight is 1620 g/mol. The summed E-state index contributed by atoms with van der Waals surface area (Å²) >= 11 is 0. The third kappa shape index (κ3) is 21.4. The molecule has 626 valence electrons. The number of nitrogens with zero attached hydrogens (tertiary/aromatic N) is 6. The summed E-state index contributed by atoms with van der Waals surface area (Å²) in [4.78, 5) is 203. The van der Waals surface area contributed by atoms with Gasteiger partial charge in [0, 0.05) is 64.7 Å². The van der Waals surface area contributed by atoms with E-state index >= 15 is 0 Å². The number of cyclic esters (lactones) is 2. The number of amides is 12. The van der Waals surface area contributed by atoms with E-state index in [-0.39, 0.29) is 101 Å². The van der Waals surface area contributed by atoms with Gasteiger partial charge in [-0.3, -0.25) is 57.5 Å². The molecule has 7 heterocycles. The van der Waals surface area contributed by atoms with Crippen LogP contribution >= 0.6 is 0 Å². The number of aliphatic hydroxyl groups excluding tert-OH is 1. The summed E-state index contributed by atoms with van der Waals surface area (Å²) in [6.07, 6.45) is -1.87. The number of likely N-dealkylation sites (N-methyl/N-ethyl adjacent to an activating group) is 1. The quantitative estimate of drug-likeness (QED) is 0.0664. The van der Waals surface area contributed by atoms with E-state index in [1.54, 1.807) is 24.3 Å². The minimum atomic E-state index is -1.67. The Morgan fingerprint density at radius 1 is 0.466 bits per heavy atom. The molecule has 0 saturated carbocycles. The van der Waals surface area contributed by atoms with E-state index in [4.69, 9.17) is 9.47 Å². The molecule has 33 heteroatoms. The van der Waals surface area contributed by atoms with E-state index < -0.39 is 203 Å². The molecule has 1 unspecified atom stereocenters. The van der Waals surface area contributed by atoms with Crippen LogP contribution in [0.4, 0.5) is 17.6 Å². The number of ether oxygens (including phenoxy) is 2. The summed E-state index contributed by atoms with van der Waals surface area (Å²) in [7, 11) is 1.30. The van der Waals surface area contributed by atoms with Gasteiger partial charge in [-0.2, -0.15) is 0 Å². The number of hydrogen-bond donors (Lipinski definition) is 7. The Kier molecular flexibility index (Phi) is 28.9. The third-order valence-electron chi connectivity index (χ3n) is 22.5. The number of rotatable bonds is 15. The molecule has 0 aliphatic carbocycles. The number of benzene rings is 4. The maximum absolute atomic E-state index is 14.7. The van der Waals surface area contributed by atoms with Crippen molar-refractivity contribution in [3.63, 3.8) is 0 Å². The fraction of sp³-hybridized carbons (Fsp3) is 0.542. The Balaban J connectivity index is 0.000000245. The van der Waals surface area contributed by atoms with Crippen LogP contribution in [0.2, 0.25) is 0 Å². The lowest BCUT2D eigenvalue weighted by molar-refractivity contribution is -0.163. The van der Waals surface area contributed by atoms with E-state index in [0.717, 1.165) is 40.3 Å². The standard InChI is InChI=1S/C42H52F2N6O8.C41H52F2N6O9/c1-23-10-12-27(13-11-23)20-35(51)46-31(19-28-17-29(43)21-30(44)18-28)37(52)47-36-26(4)58-42(57)34-16-24(2)22-50(34)39(54)25(3)45-38(53)32-8-5-6-14-48(32)40(55)33-9-7-15-49(33)41(36)56;1-21-9-11-26(12-10-21)18-33(51)45-30(17-27-15-28(42)19-29(43)16-27)36(52)46-34-25(5)58-41(57)32-14-22(2)20-49(32)38(54)23(3)44-37(53)35(24(4)50)47(6)39(55)31-8-7-13-48(31)40(34)56/h10-13,17-18,21,24-26,31-34,36H,5-9,14-16,19-20,22H2,1-4H3,(H,45,53)(H,46,51)(H,47,52);9-12,15-16,19,22-25,30-32,34-35,50H,7-8,13-14,17-18,20H2,1-6H3,(H,44,53)(H,45,51)(H,46,52)/t24-,25+,26+,31+,32+,33+,34+,36+;22-,23+,24?,25+,30+,31+,32+,34+,35+/m11/s1. The van der Waals surface area contributed by atoms with Crippen molar-refractivity contribution >= 4 is 82.8 Å². The van der Waals surface area contributed by atoms with Crippen molar-refractivity contribution in [1.29, 1.82) is 0 Å². The molecule has 4 aromatic carbocycles. The maximum Gasteiger partial charge on any atom is 0.329 e. The number of esters is 2. The fourth-order valence-corrected chi connectivity index (χ4v) is 16.5. The molecule has 7 fully saturated rings. The number of piperidine rings is 1. The lowest BCUT2D eigenvalue weighted by Crippen LogP contribution is -2.63. The van der Waals surface area contributed by atoms with Gasteiger partial charge in [-0.05, 0) is 165 Å². The Hall–Kier alpha value is -10.9. The molecule has 7 aliphatic rings. The number of aliphatic hydroxyl groups is 1. The largest absolute Gasteiger partial charge is 0.458 e. The number of fused-ring (bicyclic) bond motifs is 5. The molecule has 17 atom stereocenters. The number of hydrogen-bond acceptors (Lipinski definition) is 17. The molecule has 12 amide bonds.